The molecule has 1 aliphatic heterocycles. The van der Waals surface area contributed by atoms with E-state index in [2.05, 4.69) is 10.3 Å². The summed E-state index contributed by atoms with van der Waals surface area (Å²) in [6, 6.07) is 0. The number of nitrogens with zero attached hydrogens (tertiary/aromatic N) is 2. The van der Waals surface area contributed by atoms with Crippen molar-refractivity contribution in [3.8, 4) is 0 Å². The lowest BCUT2D eigenvalue weighted by Crippen LogP contribution is -2.48. The van der Waals surface area contributed by atoms with E-state index in [9.17, 15) is 5.11 Å². The summed E-state index contributed by atoms with van der Waals surface area (Å²) in [5.74, 6) is 0.0666. The average molecular weight is 255 g/mol. The minimum atomic E-state index is -0.470. The van der Waals surface area contributed by atoms with Crippen molar-refractivity contribution in [1.29, 1.82) is 0 Å². The second kappa shape index (κ2) is 6.29. The summed E-state index contributed by atoms with van der Waals surface area (Å²) in [5, 5.41) is 13.4. The van der Waals surface area contributed by atoms with E-state index in [0.717, 1.165) is 12.2 Å². The zero-order valence-electron chi connectivity index (χ0n) is 10.9. The Bertz CT molecular complexity index is 369. The second-order valence-electron chi connectivity index (χ2n) is 4.69. The third-order valence-corrected chi connectivity index (χ3v) is 3.41. The lowest BCUT2D eigenvalue weighted by atomic mass is 9.96. The fourth-order valence-corrected chi connectivity index (χ4v) is 2.16. The molecule has 18 heavy (non-hydrogen) atoms. The molecule has 0 spiro atoms. The van der Waals surface area contributed by atoms with Crippen molar-refractivity contribution >= 4 is 0 Å². The van der Waals surface area contributed by atoms with E-state index < -0.39 is 6.10 Å². The van der Waals surface area contributed by atoms with Gasteiger partial charge in [-0.2, -0.15) is 0 Å². The Balaban J connectivity index is 1.77. The Morgan fingerprint density at radius 3 is 3.11 bits per heavy atom. The van der Waals surface area contributed by atoms with Crippen LogP contribution in [0.25, 0.3) is 0 Å². The van der Waals surface area contributed by atoms with Gasteiger partial charge in [0.25, 0.3) is 0 Å². The Kier molecular flexibility index (Phi) is 4.71. The highest BCUT2D eigenvalue weighted by Gasteiger charge is 2.32. The second-order valence-corrected chi connectivity index (χ2v) is 4.69. The largest absolute Gasteiger partial charge is 0.390 e. The summed E-state index contributed by atoms with van der Waals surface area (Å²) in [6.07, 6.45) is 2.92. The van der Waals surface area contributed by atoms with Gasteiger partial charge in [0.1, 0.15) is 6.10 Å². The minimum Gasteiger partial charge on any atom is -0.390 e. The molecule has 0 bridgehead atoms. The topological polar surface area (TPSA) is 68.5 Å². The number of nitrogens with one attached hydrogen (secondary N) is 1. The molecule has 102 valence electrons. The summed E-state index contributed by atoms with van der Waals surface area (Å²) in [4.78, 5) is 4.06. The molecule has 6 nitrogen and oxygen atoms in total. The molecule has 0 aliphatic carbocycles. The van der Waals surface area contributed by atoms with Crippen molar-refractivity contribution in [2.75, 3.05) is 26.9 Å². The number of rotatable bonds is 5. The first-order valence-electron chi connectivity index (χ1n) is 6.17. The van der Waals surface area contributed by atoms with Crippen molar-refractivity contribution in [2.45, 2.75) is 18.8 Å². The Labute approximate surface area is 107 Å². The van der Waals surface area contributed by atoms with E-state index in [0.29, 0.717) is 19.8 Å². The van der Waals surface area contributed by atoms with E-state index in [4.69, 9.17) is 9.47 Å². The van der Waals surface area contributed by atoms with Crippen LogP contribution in [-0.4, -0.2) is 53.7 Å². The molecule has 0 unspecified atom stereocenters. The lowest BCUT2D eigenvalue weighted by molar-refractivity contribution is -0.133. The first-order chi connectivity index (χ1) is 8.72. The molecule has 6 heteroatoms. The molecule has 0 radical (unpaired) electrons. The van der Waals surface area contributed by atoms with E-state index in [1.54, 1.807) is 13.4 Å². The van der Waals surface area contributed by atoms with Crippen LogP contribution in [0.15, 0.2) is 12.5 Å². The summed E-state index contributed by atoms with van der Waals surface area (Å²) in [6.45, 7) is 2.47. The van der Waals surface area contributed by atoms with Gasteiger partial charge in [-0.05, 0) is 0 Å². The summed E-state index contributed by atoms with van der Waals surface area (Å²) >= 11 is 0. The summed E-state index contributed by atoms with van der Waals surface area (Å²) < 4.78 is 12.6. The Morgan fingerprint density at radius 1 is 1.61 bits per heavy atom. The number of aromatic nitrogens is 2. The van der Waals surface area contributed by atoms with Crippen molar-refractivity contribution in [2.24, 2.45) is 13.0 Å². The maximum absolute atomic E-state index is 10.1. The van der Waals surface area contributed by atoms with Crippen LogP contribution in [0.5, 0.6) is 0 Å². The molecule has 2 heterocycles. The predicted molar refractivity (Wildman–Crippen MR) is 66.0 cm³/mol. The molecule has 3 atom stereocenters. The van der Waals surface area contributed by atoms with E-state index in [1.807, 2.05) is 17.8 Å². The van der Waals surface area contributed by atoms with Gasteiger partial charge < -0.3 is 24.5 Å². The number of hydrogen-bond donors (Lipinski definition) is 2. The highest BCUT2D eigenvalue weighted by Crippen LogP contribution is 2.16. The molecular weight excluding hydrogens is 234 g/mol. The van der Waals surface area contributed by atoms with Crippen molar-refractivity contribution in [3.05, 3.63) is 18.2 Å². The highest BCUT2D eigenvalue weighted by atomic mass is 16.5. The number of aryl methyl sites for hydroxylation is 1. The molecule has 1 aromatic rings. The van der Waals surface area contributed by atoms with Crippen LogP contribution in [0.2, 0.25) is 0 Å². The van der Waals surface area contributed by atoms with Crippen LogP contribution < -0.4 is 5.32 Å². The van der Waals surface area contributed by atoms with Gasteiger partial charge in [-0.25, -0.2) is 4.98 Å². The van der Waals surface area contributed by atoms with Crippen LogP contribution >= 0.6 is 0 Å². The first-order valence-corrected chi connectivity index (χ1v) is 6.17. The molecule has 0 saturated carbocycles. The fourth-order valence-electron chi connectivity index (χ4n) is 2.16. The maximum atomic E-state index is 10.1. The van der Waals surface area contributed by atoms with Crippen LogP contribution in [0.4, 0.5) is 0 Å². The standard InChI is InChI=1S/C12H21N3O3/c1-15-8-14-5-10(15)4-13-3-9-6-18-7-11(17-2)12(9)16/h5,8-9,11-13,16H,3-4,6-7H2,1-2H3/t9-,11-,12+/m1/s1. The van der Waals surface area contributed by atoms with Crippen LogP contribution in [-0.2, 0) is 23.1 Å². The highest BCUT2D eigenvalue weighted by molar-refractivity contribution is 4.96. The molecule has 1 aliphatic rings. The minimum absolute atomic E-state index is 0.0666. The van der Waals surface area contributed by atoms with Crippen molar-refractivity contribution in [1.82, 2.24) is 14.9 Å². The normalized spacial score (nSPS) is 28.5. The van der Waals surface area contributed by atoms with Gasteiger partial charge in [0, 0.05) is 39.4 Å². The first kappa shape index (κ1) is 13.5. The number of hydrogen-bond acceptors (Lipinski definition) is 5. The summed E-state index contributed by atoms with van der Waals surface area (Å²) in [5.41, 5.74) is 1.12. The van der Waals surface area contributed by atoms with Gasteiger partial charge in [0.2, 0.25) is 0 Å². The Morgan fingerprint density at radius 2 is 2.44 bits per heavy atom. The number of aliphatic hydroxyl groups excluding tert-OH is 1. The van der Waals surface area contributed by atoms with Gasteiger partial charge >= 0.3 is 0 Å². The maximum Gasteiger partial charge on any atom is 0.107 e. The lowest BCUT2D eigenvalue weighted by Gasteiger charge is -2.33. The van der Waals surface area contributed by atoms with Gasteiger partial charge in [-0.3, -0.25) is 0 Å². The molecule has 1 fully saturated rings. The average Bonchev–Trinajstić information content (AvgIpc) is 2.77. The zero-order valence-corrected chi connectivity index (χ0v) is 10.9. The fraction of sp³-hybridized carbons (Fsp3) is 0.750. The number of aliphatic hydroxyl groups is 1. The smallest absolute Gasteiger partial charge is 0.107 e. The number of methoxy groups -OCH3 is 1. The van der Waals surface area contributed by atoms with Gasteiger partial charge in [0.05, 0.1) is 31.3 Å². The monoisotopic (exact) mass is 255 g/mol. The van der Waals surface area contributed by atoms with E-state index in [-0.39, 0.29) is 12.0 Å². The molecule has 2 N–H and O–H groups in total. The SMILES string of the molecule is CO[C@@H]1COC[C@@H](CNCc2cncn2C)[C@@H]1O. The molecular formula is C12H21N3O3. The van der Waals surface area contributed by atoms with Crippen LogP contribution in [0, 0.1) is 5.92 Å². The third-order valence-electron chi connectivity index (χ3n) is 3.41. The summed E-state index contributed by atoms with van der Waals surface area (Å²) in [7, 11) is 3.56. The molecule has 1 saturated heterocycles. The van der Waals surface area contributed by atoms with Crippen molar-refractivity contribution < 1.29 is 14.6 Å². The van der Waals surface area contributed by atoms with Gasteiger partial charge in [-0.15, -0.1) is 0 Å². The molecule has 0 aromatic carbocycles. The zero-order chi connectivity index (χ0) is 13.0. The van der Waals surface area contributed by atoms with E-state index in [1.165, 1.54) is 0 Å². The van der Waals surface area contributed by atoms with Gasteiger partial charge in [-0.1, -0.05) is 0 Å². The molecule has 0 amide bonds. The quantitative estimate of drug-likeness (QED) is 0.744. The molecule has 1 aromatic heterocycles. The van der Waals surface area contributed by atoms with E-state index >= 15 is 0 Å². The molecule has 2 rings (SSSR count). The third kappa shape index (κ3) is 3.08. The Hall–Kier alpha value is -0.950. The van der Waals surface area contributed by atoms with Gasteiger partial charge in [0.15, 0.2) is 0 Å². The van der Waals surface area contributed by atoms with Crippen LogP contribution in [0.3, 0.4) is 0 Å². The van der Waals surface area contributed by atoms with Crippen molar-refractivity contribution in [3.63, 3.8) is 0 Å². The number of ether oxygens (including phenoxy) is 2. The predicted octanol–water partition coefficient (Wildman–Crippen LogP) is -0.468. The van der Waals surface area contributed by atoms with Crippen LogP contribution in [0.1, 0.15) is 5.69 Å². The number of imidazole rings is 1.